The molecule has 0 aliphatic carbocycles. The second-order valence-electron chi connectivity index (χ2n) is 4.21. The molecular weight excluding hydrogens is 253 g/mol. The lowest BCUT2D eigenvalue weighted by Gasteiger charge is -2.10. The lowest BCUT2D eigenvalue weighted by Crippen LogP contribution is -2.15. The van der Waals surface area contributed by atoms with E-state index in [0.29, 0.717) is 16.6 Å². The molecule has 0 aliphatic rings. The van der Waals surface area contributed by atoms with E-state index in [1.165, 1.54) is 0 Å². The molecule has 0 unspecified atom stereocenters. The van der Waals surface area contributed by atoms with Crippen molar-refractivity contribution in [2.75, 3.05) is 0 Å². The third-order valence-electron chi connectivity index (χ3n) is 2.91. The van der Waals surface area contributed by atoms with Crippen LogP contribution >= 0.6 is 11.6 Å². The van der Waals surface area contributed by atoms with Crippen LogP contribution in [-0.4, -0.2) is 25.7 Å². The SMILES string of the molecule is [B]c1ccc(-c2nc(Cl)nc3ccccc23)c([B])c1. The van der Waals surface area contributed by atoms with E-state index < -0.39 is 0 Å². The van der Waals surface area contributed by atoms with Crippen molar-refractivity contribution < 1.29 is 0 Å². The van der Waals surface area contributed by atoms with Gasteiger partial charge in [-0.3, -0.25) is 0 Å². The number of aromatic nitrogens is 2. The molecule has 0 bridgehead atoms. The van der Waals surface area contributed by atoms with Crippen LogP contribution in [0.1, 0.15) is 0 Å². The van der Waals surface area contributed by atoms with E-state index >= 15 is 0 Å². The maximum Gasteiger partial charge on any atom is 0.223 e. The number of nitrogens with zero attached hydrogens (tertiary/aromatic N) is 2. The largest absolute Gasteiger partial charge is 0.223 e. The Bertz CT molecular complexity index is 774. The van der Waals surface area contributed by atoms with E-state index in [9.17, 15) is 0 Å². The van der Waals surface area contributed by atoms with Crippen LogP contribution in [0.2, 0.25) is 5.28 Å². The van der Waals surface area contributed by atoms with Crippen LogP contribution in [0.25, 0.3) is 22.2 Å². The summed E-state index contributed by atoms with van der Waals surface area (Å²) in [5, 5.41) is 1.10. The highest BCUT2D eigenvalue weighted by Gasteiger charge is 2.10. The van der Waals surface area contributed by atoms with Crippen molar-refractivity contribution in [2.45, 2.75) is 0 Å². The van der Waals surface area contributed by atoms with Gasteiger partial charge in [-0.05, 0) is 23.2 Å². The highest BCUT2D eigenvalue weighted by atomic mass is 35.5. The predicted molar refractivity (Wildman–Crippen MR) is 80.8 cm³/mol. The fraction of sp³-hybridized carbons (Fsp3) is 0. The lowest BCUT2D eigenvalue weighted by atomic mass is 9.82. The van der Waals surface area contributed by atoms with Crippen LogP contribution in [0.5, 0.6) is 0 Å². The van der Waals surface area contributed by atoms with Crippen LogP contribution < -0.4 is 10.9 Å². The summed E-state index contributed by atoms with van der Waals surface area (Å²) < 4.78 is 0. The van der Waals surface area contributed by atoms with E-state index in [4.69, 9.17) is 27.3 Å². The Kier molecular flexibility index (Phi) is 3.03. The van der Waals surface area contributed by atoms with Crippen molar-refractivity contribution in [1.82, 2.24) is 9.97 Å². The van der Waals surface area contributed by atoms with Gasteiger partial charge in [0, 0.05) is 5.39 Å². The Hall–Kier alpha value is -1.80. The summed E-state index contributed by atoms with van der Waals surface area (Å²) in [6, 6.07) is 13.0. The van der Waals surface area contributed by atoms with Crippen LogP contribution in [-0.2, 0) is 0 Å². The monoisotopic (exact) mass is 260 g/mol. The summed E-state index contributed by atoms with van der Waals surface area (Å²) in [6.45, 7) is 0. The minimum atomic E-state index is 0.199. The van der Waals surface area contributed by atoms with Gasteiger partial charge in [0.1, 0.15) is 15.7 Å². The molecule has 0 amide bonds. The molecule has 0 atom stereocenters. The molecule has 0 saturated heterocycles. The number of fused-ring (bicyclic) bond motifs is 1. The molecule has 3 aromatic rings. The van der Waals surface area contributed by atoms with E-state index in [0.717, 1.165) is 16.5 Å². The number of hydrogen-bond acceptors (Lipinski definition) is 2. The standard InChI is InChI=1S/C14H7B2ClN2/c15-8-5-6-9(11(16)7-8)13-10-3-1-2-4-12(10)18-14(17)19-13/h1-7H. The minimum absolute atomic E-state index is 0.199. The molecule has 1 heterocycles. The van der Waals surface area contributed by atoms with E-state index in [2.05, 4.69) is 9.97 Å². The van der Waals surface area contributed by atoms with Crippen molar-refractivity contribution in [1.29, 1.82) is 0 Å². The summed E-state index contributed by atoms with van der Waals surface area (Å²) >= 11 is 5.97. The highest BCUT2D eigenvalue weighted by molar-refractivity contribution is 6.40. The third kappa shape index (κ3) is 2.24. The zero-order valence-electron chi connectivity index (χ0n) is 9.97. The molecule has 0 N–H and O–H groups in total. The lowest BCUT2D eigenvalue weighted by molar-refractivity contribution is 1.23. The topological polar surface area (TPSA) is 25.8 Å². The van der Waals surface area contributed by atoms with Gasteiger partial charge in [0.2, 0.25) is 5.28 Å². The van der Waals surface area contributed by atoms with Gasteiger partial charge in [0.15, 0.2) is 0 Å². The molecule has 0 aliphatic heterocycles. The molecule has 2 nitrogen and oxygen atoms in total. The van der Waals surface area contributed by atoms with Gasteiger partial charge in [-0.25, -0.2) is 9.97 Å². The molecule has 86 valence electrons. The molecule has 1 aromatic heterocycles. The zero-order valence-corrected chi connectivity index (χ0v) is 10.7. The van der Waals surface area contributed by atoms with Gasteiger partial charge >= 0.3 is 0 Å². The molecule has 4 radical (unpaired) electrons. The van der Waals surface area contributed by atoms with Gasteiger partial charge < -0.3 is 0 Å². The number of para-hydroxylation sites is 1. The Balaban J connectivity index is 2.35. The first-order valence-electron chi connectivity index (χ1n) is 5.73. The Morgan fingerprint density at radius 1 is 0.947 bits per heavy atom. The highest BCUT2D eigenvalue weighted by Crippen LogP contribution is 2.25. The summed E-state index contributed by atoms with van der Waals surface area (Å²) in [5.74, 6) is 0. The summed E-state index contributed by atoms with van der Waals surface area (Å²) in [7, 11) is 11.7. The first-order valence-corrected chi connectivity index (χ1v) is 6.10. The summed E-state index contributed by atoms with van der Waals surface area (Å²) in [4.78, 5) is 8.49. The molecule has 3 rings (SSSR count). The van der Waals surface area contributed by atoms with Gasteiger partial charge in [-0.2, -0.15) is 0 Å². The Morgan fingerprint density at radius 2 is 1.74 bits per heavy atom. The second kappa shape index (κ2) is 4.71. The smallest absolute Gasteiger partial charge is 0.218 e. The van der Waals surface area contributed by atoms with Crippen LogP contribution in [0.3, 0.4) is 0 Å². The Morgan fingerprint density at radius 3 is 2.53 bits per heavy atom. The van der Waals surface area contributed by atoms with Gasteiger partial charge in [0.05, 0.1) is 11.2 Å². The maximum atomic E-state index is 6.01. The minimum Gasteiger partial charge on any atom is -0.218 e. The third-order valence-corrected chi connectivity index (χ3v) is 3.08. The van der Waals surface area contributed by atoms with E-state index in [1.54, 1.807) is 12.1 Å². The van der Waals surface area contributed by atoms with Gasteiger partial charge in [-0.1, -0.05) is 47.3 Å². The van der Waals surface area contributed by atoms with Crippen molar-refractivity contribution in [3.05, 3.63) is 47.7 Å². The van der Waals surface area contributed by atoms with E-state index in [-0.39, 0.29) is 5.28 Å². The maximum absolute atomic E-state index is 6.01. The van der Waals surface area contributed by atoms with Gasteiger partial charge in [0.25, 0.3) is 0 Å². The fourth-order valence-electron chi connectivity index (χ4n) is 2.05. The van der Waals surface area contributed by atoms with Crippen LogP contribution in [0, 0.1) is 0 Å². The molecule has 5 heteroatoms. The Labute approximate surface area is 118 Å². The van der Waals surface area contributed by atoms with Crippen molar-refractivity contribution >= 4 is 49.1 Å². The number of benzene rings is 2. The van der Waals surface area contributed by atoms with Gasteiger partial charge in [-0.15, -0.1) is 0 Å². The average molecular weight is 260 g/mol. The summed E-state index contributed by atoms with van der Waals surface area (Å²) in [6.07, 6.45) is 0. The molecule has 0 saturated carbocycles. The molecule has 0 fully saturated rings. The fourth-order valence-corrected chi connectivity index (χ4v) is 2.23. The molecular formula is C14H7B2ClN2. The summed E-state index contributed by atoms with van der Waals surface area (Å²) in [5.41, 5.74) is 3.49. The van der Waals surface area contributed by atoms with Crippen LogP contribution in [0.4, 0.5) is 0 Å². The van der Waals surface area contributed by atoms with Crippen molar-refractivity contribution in [3.63, 3.8) is 0 Å². The van der Waals surface area contributed by atoms with Crippen molar-refractivity contribution in [3.8, 4) is 11.3 Å². The molecule has 2 aromatic carbocycles. The first kappa shape index (κ1) is 12.2. The normalized spacial score (nSPS) is 10.8. The number of rotatable bonds is 1. The van der Waals surface area contributed by atoms with Crippen LogP contribution in [0.15, 0.2) is 42.5 Å². The first-order chi connectivity index (χ1) is 9.15. The molecule has 0 spiro atoms. The average Bonchev–Trinajstić information content (AvgIpc) is 2.38. The van der Waals surface area contributed by atoms with Crippen molar-refractivity contribution in [2.24, 2.45) is 0 Å². The second-order valence-corrected chi connectivity index (χ2v) is 4.54. The predicted octanol–water partition coefficient (Wildman–Crippen LogP) is 1.54. The quantitative estimate of drug-likeness (QED) is 0.490. The zero-order chi connectivity index (χ0) is 13.4. The number of hydrogen-bond donors (Lipinski definition) is 0. The number of halogens is 1. The molecule has 19 heavy (non-hydrogen) atoms. The van der Waals surface area contributed by atoms with E-state index in [1.807, 2.05) is 30.3 Å².